The molecule has 2 heterocycles. The van der Waals surface area contributed by atoms with Gasteiger partial charge in [0.1, 0.15) is 6.07 Å². The third-order valence-electron chi connectivity index (χ3n) is 4.69. The minimum absolute atomic E-state index is 0.0755. The van der Waals surface area contributed by atoms with Crippen LogP contribution in [0.15, 0.2) is 65.7 Å². The Labute approximate surface area is 168 Å². The van der Waals surface area contributed by atoms with Gasteiger partial charge in [-0.15, -0.1) is 0 Å². The average molecular weight is 411 g/mol. The van der Waals surface area contributed by atoms with Crippen LogP contribution in [0.25, 0.3) is 10.4 Å². The average Bonchev–Trinajstić information content (AvgIpc) is 3.25. The van der Waals surface area contributed by atoms with Crippen molar-refractivity contribution in [3.63, 3.8) is 0 Å². The third kappa shape index (κ3) is 3.52. The summed E-state index contributed by atoms with van der Waals surface area (Å²) in [6.45, 7) is 1.86. The number of hydrogen-bond donors (Lipinski definition) is 0. The zero-order valence-corrected chi connectivity index (χ0v) is 16.7. The molecule has 1 saturated heterocycles. The van der Waals surface area contributed by atoms with E-state index >= 15 is 0 Å². The highest BCUT2D eigenvalue weighted by molar-refractivity contribution is 7.89. The second-order valence-corrected chi connectivity index (χ2v) is 9.29. The standard InChI is InChI=1S/C20H18N4O2S2/c21-14-17-8-4-5-9-19(17)28(25,26)24-12-10-23(11-13-24)20-22-15-18(27-20)16-6-2-1-3-7-16/h1-9,15H,10-13H2. The van der Waals surface area contributed by atoms with Gasteiger partial charge in [-0.05, 0) is 17.7 Å². The van der Waals surface area contributed by atoms with E-state index in [9.17, 15) is 13.7 Å². The molecule has 1 aliphatic rings. The van der Waals surface area contributed by atoms with Gasteiger partial charge in [-0.1, -0.05) is 53.8 Å². The van der Waals surface area contributed by atoms with E-state index in [2.05, 4.69) is 22.0 Å². The molecule has 0 saturated carbocycles. The molecular formula is C20H18N4O2S2. The Morgan fingerprint density at radius 1 is 0.964 bits per heavy atom. The van der Waals surface area contributed by atoms with E-state index in [1.54, 1.807) is 23.5 Å². The van der Waals surface area contributed by atoms with Gasteiger partial charge in [-0.3, -0.25) is 0 Å². The van der Waals surface area contributed by atoms with E-state index in [0.29, 0.717) is 26.2 Å². The summed E-state index contributed by atoms with van der Waals surface area (Å²) in [4.78, 5) is 7.80. The Balaban J connectivity index is 1.48. The summed E-state index contributed by atoms with van der Waals surface area (Å²) in [5.41, 5.74) is 1.30. The highest BCUT2D eigenvalue weighted by Gasteiger charge is 2.31. The Hall–Kier alpha value is -2.73. The fourth-order valence-corrected chi connectivity index (χ4v) is 5.73. The molecule has 1 aliphatic heterocycles. The molecule has 0 bridgehead atoms. The molecule has 0 radical (unpaired) electrons. The van der Waals surface area contributed by atoms with Crippen molar-refractivity contribution >= 4 is 26.5 Å². The topological polar surface area (TPSA) is 77.3 Å². The minimum atomic E-state index is -3.68. The summed E-state index contributed by atoms with van der Waals surface area (Å²) in [5.74, 6) is 0. The number of nitrogens with zero attached hydrogens (tertiary/aromatic N) is 4. The number of piperazine rings is 1. The maximum Gasteiger partial charge on any atom is 0.244 e. The van der Waals surface area contributed by atoms with Crippen LogP contribution in [0.5, 0.6) is 0 Å². The van der Waals surface area contributed by atoms with Crippen molar-refractivity contribution in [2.24, 2.45) is 0 Å². The van der Waals surface area contributed by atoms with Crippen molar-refractivity contribution in [1.29, 1.82) is 5.26 Å². The Bertz CT molecular complexity index is 1110. The summed E-state index contributed by atoms with van der Waals surface area (Å²) in [6.07, 6.45) is 1.86. The molecule has 0 N–H and O–H groups in total. The van der Waals surface area contributed by atoms with Gasteiger partial charge in [0, 0.05) is 32.4 Å². The Morgan fingerprint density at radius 2 is 1.64 bits per heavy atom. The van der Waals surface area contributed by atoms with E-state index in [1.165, 1.54) is 16.4 Å². The molecule has 2 aromatic carbocycles. The van der Waals surface area contributed by atoms with Gasteiger partial charge < -0.3 is 4.90 Å². The van der Waals surface area contributed by atoms with E-state index in [1.807, 2.05) is 30.5 Å². The van der Waals surface area contributed by atoms with Crippen molar-refractivity contribution in [1.82, 2.24) is 9.29 Å². The number of anilines is 1. The normalized spacial score (nSPS) is 15.3. The van der Waals surface area contributed by atoms with Crippen LogP contribution in [0.1, 0.15) is 5.56 Å². The number of thiazole rings is 1. The van der Waals surface area contributed by atoms with Crippen LogP contribution in [0, 0.1) is 11.3 Å². The lowest BCUT2D eigenvalue weighted by atomic mass is 10.2. The third-order valence-corrected chi connectivity index (χ3v) is 7.75. The summed E-state index contributed by atoms with van der Waals surface area (Å²) in [5, 5.41) is 10.1. The van der Waals surface area contributed by atoms with Crippen molar-refractivity contribution in [2.75, 3.05) is 31.1 Å². The first-order valence-electron chi connectivity index (χ1n) is 8.85. The fraction of sp³-hybridized carbons (Fsp3) is 0.200. The van der Waals surface area contributed by atoms with Crippen LogP contribution in [0.4, 0.5) is 5.13 Å². The van der Waals surface area contributed by atoms with E-state index < -0.39 is 10.0 Å². The molecule has 28 heavy (non-hydrogen) atoms. The zero-order valence-electron chi connectivity index (χ0n) is 15.0. The van der Waals surface area contributed by atoms with E-state index in [-0.39, 0.29) is 10.5 Å². The predicted molar refractivity (Wildman–Crippen MR) is 110 cm³/mol. The van der Waals surface area contributed by atoms with Crippen LogP contribution >= 0.6 is 11.3 Å². The van der Waals surface area contributed by atoms with Gasteiger partial charge in [0.2, 0.25) is 10.0 Å². The molecule has 0 aliphatic carbocycles. The number of aromatic nitrogens is 1. The summed E-state index contributed by atoms with van der Waals surface area (Å²) in [7, 11) is -3.68. The largest absolute Gasteiger partial charge is 0.345 e. The molecule has 1 aromatic heterocycles. The molecule has 1 fully saturated rings. The van der Waals surface area contributed by atoms with Crippen LogP contribution in [-0.4, -0.2) is 43.9 Å². The molecular weight excluding hydrogens is 392 g/mol. The Morgan fingerprint density at radius 3 is 2.36 bits per heavy atom. The lowest BCUT2D eigenvalue weighted by Crippen LogP contribution is -2.48. The molecule has 0 amide bonds. The Kier molecular flexibility index (Phi) is 5.13. The van der Waals surface area contributed by atoms with Gasteiger partial charge in [-0.2, -0.15) is 9.57 Å². The van der Waals surface area contributed by atoms with Crippen LogP contribution < -0.4 is 4.90 Å². The van der Waals surface area contributed by atoms with Crippen molar-refractivity contribution in [3.05, 3.63) is 66.4 Å². The fourth-order valence-electron chi connectivity index (χ4n) is 3.19. The highest BCUT2D eigenvalue weighted by Crippen LogP contribution is 2.32. The first-order valence-corrected chi connectivity index (χ1v) is 11.1. The minimum Gasteiger partial charge on any atom is -0.345 e. The number of nitriles is 1. The zero-order chi connectivity index (χ0) is 19.6. The molecule has 0 atom stereocenters. The first-order chi connectivity index (χ1) is 13.6. The smallest absolute Gasteiger partial charge is 0.244 e. The monoisotopic (exact) mass is 410 g/mol. The summed E-state index contributed by atoms with van der Waals surface area (Å²) >= 11 is 1.61. The number of sulfonamides is 1. The molecule has 0 spiro atoms. The lowest BCUT2D eigenvalue weighted by Gasteiger charge is -2.33. The van der Waals surface area contributed by atoms with Crippen molar-refractivity contribution in [3.8, 4) is 16.5 Å². The van der Waals surface area contributed by atoms with Crippen LogP contribution in [0.2, 0.25) is 0 Å². The van der Waals surface area contributed by atoms with Gasteiger partial charge in [-0.25, -0.2) is 13.4 Å². The quantitative estimate of drug-likeness (QED) is 0.660. The number of rotatable bonds is 4. The lowest BCUT2D eigenvalue weighted by molar-refractivity contribution is 0.384. The molecule has 8 heteroatoms. The summed E-state index contributed by atoms with van der Waals surface area (Å²) < 4.78 is 27.3. The molecule has 0 unspecified atom stereocenters. The molecule has 4 rings (SSSR count). The molecule has 6 nitrogen and oxygen atoms in total. The van der Waals surface area contributed by atoms with Gasteiger partial charge >= 0.3 is 0 Å². The predicted octanol–water partition coefficient (Wildman–Crippen LogP) is 3.19. The van der Waals surface area contributed by atoms with Gasteiger partial charge in [0.25, 0.3) is 0 Å². The second-order valence-electron chi connectivity index (χ2n) is 6.37. The number of hydrogen-bond acceptors (Lipinski definition) is 6. The van der Waals surface area contributed by atoms with E-state index in [4.69, 9.17) is 0 Å². The summed E-state index contributed by atoms with van der Waals surface area (Å²) in [6, 6.07) is 18.4. The maximum absolute atomic E-state index is 12.9. The van der Waals surface area contributed by atoms with Crippen molar-refractivity contribution in [2.45, 2.75) is 4.90 Å². The first kappa shape index (κ1) is 18.6. The second kappa shape index (κ2) is 7.72. The van der Waals surface area contributed by atoms with Gasteiger partial charge in [0.05, 0.1) is 15.3 Å². The van der Waals surface area contributed by atoms with Gasteiger partial charge in [0.15, 0.2) is 5.13 Å². The number of benzene rings is 2. The molecule has 3 aromatic rings. The SMILES string of the molecule is N#Cc1ccccc1S(=O)(=O)N1CCN(c2ncc(-c3ccccc3)s2)CC1. The van der Waals surface area contributed by atoms with E-state index in [0.717, 1.165) is 15.6 Å². The van der Waals surface area contributed by atoms with Crippen molar-refractivity contribution < 1.29 is 8.42 Å². The highest BCUT2D eigenvalue weighted by atomic mass is 32.2. The molecule has 142 valence electrons. The van der Waals surface area contributed by atoms with Crippen LogP contribution in [0.3, 0.4) is 0 Å². The van der Waals surface area contributed by atoms with Crippen LogP contribution in [-0.2, 0) is 10.0 Å². The maximum atomic E-state index is 12.9.